The van der Waals surface area contributed by atoms with Gasteiger partial charge in [0.15, 0.2) is 5.82 Å². The van der Waals surface area contributed by atoms with E-state index in [1.807, 2.05) is 23.9 Å². The Morgan fingerprint density at radius 3 is 2.53 bits per heavy atom. The molecule has 0 unspecified atom stereocenters. The Labute approximate surface area is 114 Å². The molecule has 2 rings (SSSR count). The Bertz CT molecular complexity index is 565. The molecule has 5 heteroatoms. The lowest BCUT2D eigenvalue weighted by molar-refractivity contribution is 0.546. The van der Waals surface area contributed by atoms with Crippen molar-refractivity contribution in [2.75, 3.05) is 11.9 Å². The first-order chi connectivity index (χ1) is 8.91. The second-order valence-electron chi connectivity index (χ2n) is 5.60. The topological polar surface area (TPSA) is 55.6 Å². The molecule has 0 amide bonds. The lowest BCUT2D eigenvalue weighted by atomic mass is 9.95. The number of anilines is 1. The molecule has 2 aromatic heterocycles. The van der Waals surface area contributed by atoms with E-state index in [0.717, 1.165) is 29.7 Å². The highest BCUT2D eigenvalue weighted by molar-refractivity contribution is 5.56. The van der Waals surface area contributed by atoms with Crippen LogP contribution < -0.4 is 5.32 Å². The number of aromatic nitrogens is 4. The number of imidazole rings is 1. The normalized spacial score (nSPS) is 11.6. The molecule has 0 bridgehead atoms. The lowest BCUT2D eigenvalue weighted by Crippen LogP contribution is -2.18. The number of aryl methyl sites for hydroxylation is 1. The molecule has 2 aromatic rings. The Balaban J connectivity index is 2.55. The van der Waals surface area contributed by atoms with Gasteiger partial charge in [-0.3, -0.25) is 0 Å². The van der Waals surface area contributed by atoms with Gasteiger partial charge < -0.3 is 9.88 Å². The molecule has 0 aliphatic heterocycles. The standard InChI is InChI=1S/C14H21N5/c1-6-15-11-9-10(12-16-7-8-19(12)5)17-13(18-11)14(2,3)4/h7-9H,6H2,1-5H3,(H,15,17,18). The fourth-order valence-electron chi connectivity index (χ4n) is 1.78. The van der Waals surface area contributed by atoms with Crippen LogP contribution in [0.25, 0.3) is 11.5 Å². The van der Waals surface area contributed by atoms with Crippen LogP contribution in [0.1, 0.15) is 33.5 Å². The summed E-state index contributed by atoms with van der Waals surface area (Å²) in [7, 11) is 1.97. The summed E-state index contributed by atoms with van der Waals surface area (Å²) in [6.07, 6.45) is 3.70. The van der Waals surface area contributed by atoms with Crippen molar-refractivity contribution in [2.45, 2.75) is 33.1 Å². The first kappa shape index (κ1) is 13.5. The quantitative estimate of drug-likeness (QED) is 0.920. The highest BCUT2D eigenvalue weighted by atomic mass is 15.1. The smallest absolute Gasteiger partial charge is 0.158 e. The van der Waals surface area contributed by atoms with Gasteiger partial charge in [0.05, 0.1) is 0 Å². The van der Waals surface area contributed by atoms with Crippen molar-refractivity contribution in [1.82, 2.24) is 19.5 Å². The molecule has 0 aliphatic rings. The van der Waals surface area contributed by atoms with Crippen molar-refractivity contribution >= 4 is 5.82 Å². The zero-order valence-corrected chi connectivity index (χ0v) is 12.2. The number of hydrogen-bond donors (Lipinski definition) is 1. The number of rotatable bonds is 3. The molecule has 0 radical (unpaired) electrons. The van der Waals surface area contributed by atoms with Crippen LogP contribution in [0.4, 0.5) is 5.82 Å². The molecule has 0 aromatic carbocycles. The molecular weight excluding hydrogens is 238 g/mol. The molecule has 102 valence electrons. The van der Waals surface area contributed by atoms with Crippen LogP contribution in [0.2, 0.25) is 0 Å². The molecule has 19 heavy (non-hydrogen) atoms. The maximum atomic E-state index is 4.66. The fourth-order valence-corrected chi connectivity index (χ4v) is 1.78. The maximum Gasteiger partial charge on any atom is 0.158 e. The molecule has 5 nitrogen and oxygen atoms in total. The minimum atomic E-state index is -0.0919. The van der Waals surface area contributed by atoms with Crippen LogP contribution in [0.5, 0.6) is 0 Å². The molecule has 0 atom stereocenters. The zero-order chi connectivity index (χ0) is 14.0. The second kappa shape index (κ2) is 4.99. The van der Waals surface area contributed by atoms with Gasteiger partial charge in [0, 0.05) is 37.5 Å². The molecule has 0 saturated carbocycles. The van der Waals surface area contributed by atoms with E-state index in [4.69, 9.17) is 0 Å². The highest BCUT2D eigenvalue weighted by Gasteiger charge is 2.20. The van der Waals surface area contributed by atoms with E-state index < -0.39 is 0 Å². The van der Waals surface area contributed by atoms with Crippen molar-refractivity contribution in [3.63, 3.8) is 0 Å². The number of hydrogen-bond acceptors (Lipinski definition) is 4. The van der Waals surface area contributed by atoms with Gasteiger partial charge in [-0.15, -0.1) is 0 Å². The summed E-state index contributed by atoms with van der Waals surface area (Å²) in [4.78, 5) is 13.6. The molecule has 0 spiro atoms. The van der Waals surface area contributed by atoms with Gasteiger partial charge in [0.2, 0.25) is 0 Å². The first-order valence-corrected chi connectivity index (χ1v) is 6.53. The van der Waals surface area contributed by atoms with Crippen molar-refractivity contribution in [2.24, 2.45) is 7.05 Å². The largest absolute Gasteiger partial charge is 0.370 e. The van der Waals surface area contributed by atoms with Gasteiger partial charge >= 0.3 is 0 Å². The zero-order valence-electron chi connectivity index (χ0n) is 12.2. The predicted octanol–water partition coefficient (Wildman–Crippen LogP) is 2.61. The Hall–Kier alpha value is -1.91. The predicted molar refractivity (Wildman–Crippen MR) is 77.1 cm³/mol. The first-order valence-electron chi connectivity index (χ1n) is 6.53. The van der Waals surface area contributed by atoms with Crippen molar-refractivity contribution in [1.29, 1.82) is 0 Å². The van der Waals surface area contributed by atoms with Gasteiger partial charge in [-0.1, -0.05) is 20.8 Å². The average Bonchev–Trinajstić information content (AvgIpc) is 2.74. The molecule has 2 heterocycles. The van der Waals surface area contributed by atoms with Crippen LogP contribution in [0.15, 0.2) is 18.5 Å². The summed E-state index contributed by atoms with van der Waals surface area (Å²) in [6.45, 7) is 9.22. The minimum Gasteiger partial charge on any atom is -0.370 e. The van der Waals surface area contributed by atoms with E-state index in [1.165, 1.54) is 0 Å². The maximum absolute atomic E-state index is 4.66. The molecule has 0 saturated heterocycles. The van der Waals surface area contributed by atoms with Gasteiger partial charge in [-0.25, -0.2) is 15.0 Å². The van der Waals surface area contributed by atoms with Gasteiger partial charge in [-0.2, -0.15) is 0 Å². The van der Waals surface area contributed by atoms with Crippen LogP contribution >= 0.6 is 0 Å². The number of nitrogens with zero attached hydrogens (tertiary/aromatic N) is 4. The molecule has 0 aliphatic carbocycles. The van der Waals surface area contributed by atoms with Crippen LogP contribution in [0, 0.1) is 0 Å². The van der Waals surface area contributed by atoms with E-state index in [2.05, 4.69) is 48.0 Å². The third-order valence-corrected chi connectivity index (χ3v) is 2.81. The van der Waals surface area contributed by atoms with Crippen molar-refractivity contribution < 1.29 is 0 Å². The van der Waals surface area contributed by atoms with Crippen LogP contribution in [0.3, 0.4) is 0 Å². The Morgan fingerprint density at radius 1 is 1.26 bits per heavy atom. The fraction of sp³-hybridized carbons (Fsp3) is 0.500. The molecule has 1 N–H and O–H groups in total. The Morgan fingerprint density at radius 2 is 2.00 bits per heavy atom. The van der Waals surface area contributed by atoms with Crippen LogP contribution in [-0.4, -0.2) is 26.1 Å². The van der Waals surface area contributed by atoms with E-state index in [1.54, 1.807) is 6.20 Å². The monoisotopic (exact) mass is 259 g/mol. The van der Waals surface area contributed by atoms with E-state index in [0.29, 0.717) is 0 Å². The summed E-state index contributed by atoms with van der Waals surface area (Å²) in [5.74, 6) is 2.52. The average molecular weight is 259 g/mol. The molecule has 0 fully saturated rings. The third kappa shape index (κ3) is 2.92. The summed E-state index contributed by atoms with van der Waals surface area (Å²) < 4.78 is 1.96. The Kier molecular flexibility index (Phi) is 3.55. The highest BCUT2D eigenvalue weighted by Crippen LogP contribution is 2.24. The minimum absolute atomic E-state index is 0.0919. The summed E-state index contributed by atoms with van der Waals surface area (Å²) in [5.41, 5.74) is 0.758. The summed E-state index contributed by atoms with van der Waals surface area (Å²) >= 11 is 0. The third-order valence-electron chi connectivity index (χ3n) is 2.81. The van der Waals surface area contributed by atoms with Crippen molar-refractivity contribution in [3.8, 4) is 11.5 Å². The van der Waals surface area contributed by atoms with Crippen LogP contribution in [-0.2, 0) is 12.5 Å². The van der Waals surface area contributed by atoms with E-state index in [9.17, 15) is 0 Å². The van der Waals surface area contributed by atoms with E-state index >= 15 is 0 Å². The van der Waals surface area contributed by atoms with E-state index in [-0.39, 0.29) is 5.41 Å². The van der Waals surface area contributed by atoms with Crippen molar-refractivity contribution in [3.05, 3.63) is 24.3 Å². The molecular formula is C14H21N5. The van der Waals surface area contributed by atoms with Gasteiger partial charge in [-0.05, 0) is 6.92 Å². The van der Waals surface area contributed by atoms with Gasteiger partial charge in [0.1, 0.15) is 17.3 Å². The lowest BCUT2D eigenvalue weighted by Gasteiger charge is -2.18. The number of nitrogens with one attached hydrogen (secondary N) is 1. The second-order valence-corrected chi connectivity index (χ2v) is 5.60. The van der Waals surface area contributed by atoms with Gasteiger partial charge in [0.25, 0.3) is 0 Å². The summed E-state index contributed by atoms with van der Waals surface area (Å²) in [5, 5.41) is 3.25. The SMILES string of the molecule is CCNc1cc(-c2nccn2C)nc(C(C)(C)C)n1. The summed E-state index contributed by atoms with van der Waals surface area (Å²) in [6, 6.07) is 1.95.